The normalized spacial score (nSPS) is 14.8. The van der Waals surface area contributed by atoms with E-state index in [1.54, 1.807) is 0 Å². The average molecular weight is 206 g/mol. The molecule has 0 aliphatic carbocycles. The van der Waals surface area contributed by atoms with Gasteiger partial charge in [-0.15, -0.1) is 0 Å². The van der Waals surface area contributed by atoms with Crippen molar-refractivity contribution in [2.75, 3.05) is 5.75 Å². The molecule has 1 aliphatic rings. The lowest BCUT2D eigenvalue weighted by Crippen LogP contribution is -2.00. The van der Waals surface area contributed by atoms with Gasteiger partial charge in [-0.05, 0) is 4.92 Å². The molecule has 0 saturated heterocycles. The number of aromatic nitrogens is 2. The number of halogens is 1. The molecule has 0 bridgehead atoms. The molecule has 1 aromatic heterocycles. The molecule has 1 aromatic rings. The van der Waals surface area contributed by atoms with Gasteiger partial charge in [0.25, 0.3) is 5.16 Å². The van der Waals surface area contributed by atoms with Crippen LogP contribution >= 0.6 is 23.4 Å². The minimum atomic E-state index is -0.495. The van der Waals surface area contributed by atoms with E-state index < -0.39 is 4.92 Å². The SMILES string of the molecule is O=[N+]([O-])c1c(Cl)nc2n1CCS2. The average Bonchev–Trinajstić information content (AvgIpc) is 2.44. The van der Waals surface area contributed by atoms with Crippen LogP contribution < -0.4 is 0 Å². The molecule has 0 spiro atoms. The van der Waals surface area contributed by atoms with Crippen molar-refractivity contribution in [3.05, 3.63) is 15.3 Å². The molecule has 1 aliphatic heterocycles. The quantitative estimate of drug-likeness (QED) is 0.516. The third kappa shape index (κ3) is 0.987. The van der Waals surface area contributed by atoms with Gasteiger partial charge in [0.05, 0.1) is 0 Å². The maximum absolute atomic E-state index is 10.5. The summed E-state index contributed by atoms with van der Waals surface area (Å²) in [6.07, 6.45) is 0. The summed E-state index contributed by atoms with van der Waals surface area (Å²) in [5, 5.41) is 11.1. The van der Waals surface area contributed by atoms with Crippen LogP contribution in [0, 0.1) is 10.1 Å². The fourth-order valence-electron chi connectivity index (χ4n) is 1.11. The maximum atomic E-state index is 10.5. The molecule has 5 nitrogen and oxygen atoms in total. The summed E-state index contributed by atoms with van der Waals surface area (Å²) in [6.45, 7) is 0.621. The van der Waals surface area contributed by atoms with Crippen LogP contribution in [0.1, 0.15) is 0 Å². The highest BCUT2D eigenvalue weighted by Gasteiger charge is 2.30. The van der Waals surface area contributed by atoms with Gasteiger partial charge in [0.15, 0.2) is 0 Å². The Bertz CT molecular complexity index is 351. The Morgan fingerprint density at radius 3 is 3.17 bits per heavy atom. The van der Waals surface area contributed by atoms with Gasteiger partial charge >= 0.3 is 5.82 Å². The van der Waals surface area contributed by atoms with Crippen LogP contribution in [0.25, 0.3) is 0 Å². The second-order valence-corrected chi connectivity index (χ2v) is 3.69. The molecular weight excluding hydrogens is 202 g/mol. The van der Waals surface area contributed by atoms with E-state index in [4.69, 9.17) is 11.6 Å². The molecule has 0 unspecified atom stereocenters. The summed E-state index contributed by atoms with van der Waals surface area (Å²) in [4.78, 5) is 13.9. The molecule has 2 heterocycles. The van der Waals surface area contributed by atoms with E-state index in [9.17, 15) is 10.1 Å². The Balaban J connectivity index is 2.59. The van der Waals surface area contributed by atoms with Crippen LogP contribution in [0.2, 0.25) is 5.15 Å². The van der Waals surface area contributed by atoms with Crippen molar-refractivity contribution >= 4 is 29.2 Å². The van der Waals surface area contributed by atoms with E-state index in [0.29, 0.717) is 11.7 Å². The smallest absolute Gasteiger partial charge is 0.358 e. The zero-order valence-corrected chi connectivity index (χ0v) is 7.43. The number of thioether (sulfide) groups is 1. The van der Waals surface area contributed by atoms with Gasteiger partial charge in [0.2, 0.25) is 5.15 Å². The molecule has 7 heteroatoms. The number of hydrogen-bond donors (Lipinski definition) is 0. The first-order chi connectivity index (χ1) is 5.70. The summed E-state index contributed by atoms with van der Waals surface area (Å²) in [5.74, 6) is 0.747. The third-order valence-electron chi connectivity index (χ3n) is 1.58. The highest BCUT2D eigenvalue weighted by molar-refractivity contribution is 7.99. The van der Waals surface area contributed by atoms with Crippen molar-refractivity contribution in [1.29, 1.82) is 0 Å². The molecule has 0 N–H and O–H groups in total. The van der Waals surface area contributed by atoms with Gasteiger partial charge in [-0.1, -0.05) is 23.4 Å². The maximum Gasteiger partial charge on any atom is 0.362 e. The van der Waals surface area contributed by atoms with Gasteiger partial charge in [-0.25, -0.2) is 0 Å². The lowest BCUT2D eigenvalue weighted by molar-refractivity contribution is -0.392. The van der Waals surface area contributed by atoms with Crippen LogP contribution in [0.5, 0.6) is 0 Å². The predicted molar refractivity (Wildman–Crippen MR) is 44.6 cm³/mol. The topological polar surface area (TPSA) is 61.0 Å². The zero-order chi connectivity index (χ0) is 8.72. The van der Waals surface area contributed by atoms with Crippen LogP contribution in [-0.4, -0.2) is 20.2 Å². The molecule has 12 heavy (non-hydrogen) atoms. The number of rotatable bonds is 1. The molecule has 0 saturated carbocycles. The van der Waals surface area contributed by atoms with Crippen molar-refractivity contribution in [1.82, 2.24) is 9.55 Å². The van der Waals surface area contributed by atoms with Crippen molar-refractivity contribution < 1.29 is 4.92 Å². The molecule has 0 fully saturated rings. The van der Waals surface area contributed by atoms with Crippen LogP contribution in [0.15, 0.2) is 5.16 Å². The highest BCUT2D eigenvalue weighted by Crippen LogP contribution is 2.34. The van der Waals surface area contributed by atoms with E-state index in [2.05, 4.69) is 4.98 Å². The lowest BCUT2D eigenvalue weighted by atomic mass is 10.6. The molecule has 0 radical (unpaired) electrons. The van der Waals surface area contributed by atoms with Gasteiger partial charge in [-0.3, -0.25) is 0 Å². The molecule has 0 amide bonds. The Morgan fingerprint density at radius 2 is 2.50 bits per heavy atom. The molecule has 0 aromatic carbocycles. The van der Waals surface area contributed by atoms with E-state index >= 15 is 0 Å². The van der Waals surface area contributed by atoms with Crippen molar-refractivity contribution in [2.24, 2.45) is 0 Å². The summed E-state index contributed by atoms with van der Waals surface area (Å²) in [6, 6.07) is 0. The number of nitro groups is 1. The summed E-state index contributed by atoms with van der Waals surface area (Å²) in [5.41, 5.74) is 0. The minimum Gasteiger partial charge on any atom is -0.358 e. The first-order valence-corrected chi connectivity index (χ1v) is 4.59. The van der Waals surface area contributed by atoms with Gasteiger partial charge < -0.3 is 10.1 Å². The Kier molecular flexibility index (Phi) is 1.73. The second-order valence-electron chi connectivity index (χ2n) is 2.27. The van der Waals surface area contributed by atoms with Crippen LogP contribution in [0.4, 0.5) is 5.82 Å². The monoisotopic (exact) mass is 205 g/mol. The predicted octanol–water partition coefficient (Wildman–Crippen LogP) is 1.55. The standard InChI is InChI=1S/C5H4ClN3O2S/c6-3-4(9(10)11)8-1-2-12-5(8)7-3/h1-2H2. The Labute approximate surface area is 76.9 Å². The molecule has 2 rings (SSSR count). The van der Waals surface area contributed by atoms with Crippen LogP contribution in [-0.2, 0) is 6.54 Å². The van der Waals surface area contributed by atoms with Gasteiger partial charge in [0.1, 0.15) is 6.54 Å². The highest BCUT2D eigenvalue weighted by atomic mass is 35.5. The van der Waals surface area contributed by atoms with E-state index in [-0.39, 0.29) is 11.0 Å². The van der Waals surface area contributed by atoms with E-state index in [1.165, 1.54) is 16.3 Å². The number of hydrogen-bond acceptors (Lipinski definition) is 4. The fraction of sp³-hybridized carbons (Fsp3) is 0.400. The fourth-order valence-corrected chi connectivity index (χ4v) is 2.36. The van der Waals surface area contributed by atoms with Gasteiger partial charge in [-0.2, -0.15) is 9.55 Å². The van der Waals surface area contributed by atoms with Gasteiger partial charge in [0, 0.05) is 5.75 Å². The largest absolute Gasteiger partial charge is 0.362 e. The van der Waals surface area contributed by atoms with E-state index in [1.807, 2.05) is 0 Å². The Hall–Kier alpha value is -0.750. The third-order valence-corrected chi connectivity index (χ3v) is 2.79. The summed E-state index contributed by atoms with van der Waals surface area (Å²) >= 11 is 7.05. The first kappa shape index (κ1) is 7.88. The van der Waals surface area contributed by atoms with Crippen LogP contribution in [0.3, 0.4) is 0 Å². The minimum absolute atomic E-state index is 0.0119. The summed E-state index contributed by atoms with van der Waals surface area (Å²) < 4.78 is 1.53. The van der Waals surface area contributed by atoms with Crippen molar-refractivity contribution in [3.8, 4) is 0 Å². The number of fused-ring (bicyclic) bond motifs is 1. The Morgan fingerprint density at radius 1 is 1.75 bits per heavy atom. The van der Waals surface area contributed by atoms with Crippen molar-refractivity contribution in [3.63, 3.8) is 0 Å². The summed E-state index contributed by atoms with van der Waals surface area (Å²) in [7, 11) is 0. The first-order valence-electron chi connectivity index (χ1n) is 3.23. The number of imidazole rings is 1. The van der Waals surface area contributed by atoms with E-state index in [0.717, 1.165) is 5.75 Å². The number of nitrogens with zero attached hydrogens (tertiary/aromatic N) is 3. The molecule has 64 valence electrons. The second kappa shape index (κ2) is 2.63. The molecule has 0 atom stereocenters. The molecular formula is C5H4ClN3O2S. The van der Waals surface area contributed by atoms with Crippen molar-refractivity contribution in [2.45, 2.75) is 11.7 Å². The zero-order valence-electron chi connectivity index (χ0n) is 5.86. The lowest BCUT2D eigenvalue weighted by Gasteiger charge is -1.94.